The summed E-state index contributed by atoms with van der Waals surface area (Å²) in [6.45, 7) is 9.33. The van der Waals surface area contributed by atoms with Gasteiger partial charge in [-0.05, 0) is 37.6 Å². The molecule has 6 rings (SSSR count). The number of anilines is 1. The van der Waals surface area contributed by atoms with Crippen molar-refractivity contribution in [3.05, 3.63) is 48.6 Å². The summed E-state index contributed by atoms with van der Waals surface area (Å²) in [5.74, 6) is -1.05. The topological polar surface area (TPSA) is 103 Å². The van der Waals surface area contributed by atoms with Gasteiger partial charge in [-0.1, -0.05) is 31.2 Å². The Labute approximate surface area is 257 Å². The molecule has 0 aliphatic carbocycles. The van der Waals surface area contributed by atoms with Crippen molar-refractivity contribution in [3.63, 3.8) is 0 Å². The average molecular weight is 611 g/mol. The molecule has 5 aliphatic rings. The van der Waals surface area contributed by atoms with E-state index in [0.29, 0.717) is 45.9 Å². The highest BCUT2D eigenvalue weighted by Crippen LogP contribution is 2.61. The van der Waals surface area contributed by atoms with Gasteiger partial charge < -0.3 is 29.3 Å². The van der Waals surface area contributed by atoms with Gasteiger partial charge in [-0.3, -0.25) is 19.3 Å². The number of rotatable bonds is 9. The molecule has 5 heterocycles. The van der Waals surface area contributed by atoms with E-state index in [1.54, 1.807) is 21.6 Å². The third-order valence-electron chi connectivity index (χ3n) is 9.50. The van der Waals surface area contributed by atoms with Crippen LogP contribution in [0.2, 0.25) is 0 Å². The molecule has 3 amide bonds. The average Bonchev–Trinajstić information content (AvgIpc) is 3.34. The number of nitrogens with zero attached hydrogens (tertiary/aromatic N) is 4. The third kappa shape index (κ3) is 5.28. The maximum Gasteiger partial charge on any atom is 0.247 e. The van der Waals surface area contributed by atoms with Crippen LogP contribution in [-0.4, -0.2) is 125 Å². The molecule has 1 spiro atoms. The fourth-order valence-electron chi connectivity index (χ4n) is 7.34. The summed E-state index contributed by atoms with van der Waals surface area (Å²) in [7, 11) is 0. The minimum absolute atomic E-state index is 0.107. The fraction of sp³-hybridized carbons (Fsp3) is 0.594. The number of ether oxygens (including phenoxy) is 2. The normalized spacial score (nSPS) is 31.5. The summed E-state index contributed by atoms with van der Waals surface area (Å²) in [4.78, 5) is 50.9. The van der Waals surface area contributed by atoms with Gasteiger partial charge in [0.05, 0.1) is 49.1 Å². The smallest absolute Gasteiger partial charge is 0.247 e. The number of benzene rings is 1. The first-order valence-corrected chi connectivity index (χ1v) is 16.4. The van der Waals surface area contributed by atoms with Gasteiger partial charge in [0.2, 0.25) is 17.7 Å². The Bertz CT molecular complexity index is 1260. The van der Waals surface area contributed by atoms with E-state index in [1.165, 1.54) is 0 Å². The van der Waals surface area contributed by atoms with Gasteiger partial charge in [-0.25, -0.2) is 0 Å². The lowest BCUT2D eigenvalue weighted by Gasteiger charge is -2.38. The summed E-state index contributed by atoms with van der Waals surface area (Å²) in [5, 5.41) is 10.1. The van der Waals surface area contributed by atoms with Crippen LogP contribution in [0.25, 0.3) is 0 Å². The highest BCUT2D eigenvalue weighted by Gasteiger charge is 2.71. The molecule has 232 valence electrons. The molecule has 3 saturated heterocycles. The number of likely N-dealkylation sites (tertiary alicyclic amines) is 1. The number of hydrogen-bond acceptors (Lipinski definition) is 8. The second kappa shape index (κ2) is 12.6. The molecule has 5 aliphatic heterocycles. The zero-order chi connectivity index (χ0) is 30.1. The molecule has 0 aromatic heterocycles. The Balaban J connectivity index is 1.34. The zero-order valence-electron chi connectivity index (χ0n) is 25.0. The molecule has 11 heteroatoms. The van der Waals surface area contributed by atoms with Crippen LogP contribution in [0.1, 0.15) is 20.3 Å². The standard InChI is InChI=1S/C32H42N4O6S/c1-3-22(21-37)36-28-31(40)34(16-15-33-17-19-41-20-18-33)13-6-12-32(28)27(30(36)39)26-25(43-32)7-5-14-35(29(26)38)23-8-10-24(11-9-23)42-4-2/h5-12,22,25-28,37H,3-4,13-21H2,1-2H3/t22-,25+,26-,27-,28?,32-/m0/s1. The van der Waals surface area contributed by atoms with Crippen LogP contribution in [0.3, 0.4) is 0 Å². The maximum atomic E-state index is 14.5. The van der Waals surface area contributed by atoms with Crippen molar-refractivity contribution in [1.29, 1.82) is 0 Å². The zero-order valence-corrected chi connectivity index (χ0v) is 25.8. The molecular formula is C32H42N4O6S. The van der Waals surface area contributed by atoms with Crippen molar-refractivity contribution in [2.45, 2.75) is 42.3 Å². The van der Waals surface area contributed by atoms with Crippen LogP contribution >= 0.6 is 11.8 Å². The van der Waals surface area contributed by atoms with Gasteiger partial charge in [-0.2, -0.15) is 0 Å². The van der Waals surface area contributed by atoms with E-state index in [0.717, 1.165) is 31.1 Å². The summed E-state index contributed by atoms with van der Waals surface area (Å²) in [6, 6.07) is 6.17. The first kappa shape index (κ1) is 30.2. The van der Waals surface area contributed by atoms with Crippen LogP contribution in [-0.2, 0) is 19.1 Å². The largest absolute Gasteiger partial charge is 0.494 e. The summed E-state index contributed by atoms with van der Waals surface area (Å²) in [5.41, 5.74) is 0.743. The first-order chi connectivity index (χ1) is 20.9. The van der Waals surface area contributed by atoms with E-state index in [2.05, 4.69) is 4.90 Å². The van der Waals surface area contributed by atoms with Gasteiger partial charge in [-0.15, -0.1) is 11.8 Å². The lowest BCUT2D eigenvalue weighted by atomic mass is 9.78. The first-order valence-electron chi connectivity index (χ1n) is 15.5. The Morgan fingerprint density at radius 1 is 1.02 bits per heavy atom. The molecule has 43 heavy (non-hydrogen) atoms. The fourth-order valence-corrected chi connectivity index (χ4v) is 9.33. The monoisotopic (exact) mass is 610 g/mol. The Kier molecular flexibility index (Phi) is 8.86. The SMILES string of the molecule is CCOc1ccc(N2CC=C[C@H]3S[C@]45C=CCN(CCN6CCOCC6)C(=O)C4N([C@@H](CC)CO)C(=O)[C@@H]5[C@H]3C2=O)cc1. The number of amides is 3. The van der Waals surface area contributed by atoms with E-state index < -0.39 is 28.7 Å². The second-order valence-corrected chi connectivity index (χ2v) is 13.3. The molecular weight excluding hydrogens is 568 g/mol. The molecule has 3 fully saturated rings. The summed E-state index contributed by atoms with van der Waals surface area (Å²) in [6.07, 6.45) is 8.61. The maximum absolute atomic E-state index is 14.5. The molecule has 0 radical (unpaired) electrons. The Morgan fingerprint density at radius 2 is 1.79 bits per heavy atom. The van der Waals surface area contributed by atoms with Crippen molar-refractivity contribution in [1.82, 2.24) is 14.7 Å². The van der Waals surface area contributed by atoms with Gasteiger partial charge in [0.1, 0.15) is 11.8 Å². The molecule has 0 saturated carbocycles. The molecule has 1 aromatic carbocycles. The van der Waals surface area contributed by atoms with Gasteiger partial charge in [0.25, 0.3) is 0 Å². The minimum Gasteiger partial charge on any atom is -0.494 e. The highest BCUT2D eigenvalue weighted by atomic mass is 32.2. The number of aliphatic hydroxyl groups excluding tert-OH is 1. The van der Waals surface area contributed by atoms with E-state index in [-0.39, 0.29) is 29.6 Å². The molecule has 6 atom stereocenters. The van der Waals surface area contributed by atoms with Crippen LogP contribution in [0, 0.1) is 11.8 Å². The minimum atomic E-state index is -0.901. The van der Waals surface area contributed by atoms with E-state index in [9.17, 15) is 19.5 Å². The molecule has 1 unspecified atom stereocenters. The quantitative estimate of drug-likeness (QED) is 0.423. The third-order valence-corrected chi connectivity index (χ3v) is 11.2. The number of thioether (sulfide) groups is 1. The van der Waals surface area contributed by atoms with Crippen LogP contribution in [0.15, 0.2) is 48.6 Å². The van der Waals surface area contributed by atoms with Crippen molar-refractivity contribution in [2.75, 3.05) is 70.6 Å². The Hall–Kier alpha value is -2.86. The van der Waals surface area contributed by atoms with Crippen LogP contribution in [0.4, 0.5) is 5.69 Å². The van der Waals surface area contributed by atoms with Crippen LogP contribution < -0.4 is 9.64 Å². The number of aliphatic hydroxyl groups is 1. The summed E-state index contributed by atoms with van der Waals surface area (Å²) < 4.78 is 10.2. The molecule has 1 N–H and O–H groups in total. The number of hydrogen-bond donors (Lipinski definition) is 1. The van der Waals surface area contributed by atoms with Gasteiger partial charge in [0.15, 0.2) is 0 Å². The number of carbonyl (C=O) groups is 3. The summed E-state index contributed by atoms with van der Waals surface area (Å²) >= 11 is 1.57. The number of fused-ring (bicyclic) bond motifs is 2. The second-order valence-electron chi connectivity index (χ2n) is 11.8. The van der Waals surface area contributed by atoms with E-state index in [1.807, 2.05) is 67.3 Å². The number of morpholine rings is 1. The number of carbonyl (C=O) groups excluding carboxylic acids is 3. The predicted octanol–water partition coefficient (Wildman–Crippen LogP) is 1.79. The lowest BCUT2D eigenvalue weighted by Crippen LogP contribution is -2.57. The Morgan fingerprint density at radius 3 is 2.49 bits per heavy atom. The molecule has 10 nitrogen and oxygen atoms in total. The van der Waals surface area contributed by atoms with E-state index in [4.69, 9.17) is 9.47 Å². The molecule has 0 bridgehead atoms. The van der Waals surface area contributed by atoms with Crippen LogP contribution in [0.5, 0.6) is 5.75 Å². The molecule has 1 aromatic rings. The van der Waals surface area contributed by atoms with Gasteiger partial charge in [0, 0.05) is 50.2 Å². The van der Waals surface area contributed by atoms with Crippen molar-refractivity contribution in [2.24, 2.45) is 11.8 Å². The lowest BCUT2D eigenvalue weighted by molar-refractivity contribution is -0.145. The van der Waals surface area contributed by atoms with Crippen molar-refractivity contribution < 1.29 is 29.0 Å². The van der Waals surface area contributed by atoms with Gasteiger partial charge >= 0.3 is 0 Å². The predicted molar refractivity (Wildman–Crippen MR) is 165 cm³/mol. The van der Waals surface area contributed by atoms with Crippen molar-refractivity contribution in [3.8, 4) is 5.75 Å². The highest BCUT2D eigenvalue weighted by molar-refractivity contribution is 8.02. The van der Waals surface area contributed by atoms with Crippen molar-refractivity contribution >= 4 is 35.2 Å². The van der Waals surface area contributed by atoms with E-state index >= 15 is 0 Å².